The Morgan fingerprint density at radius 3 is 2.41 bits per heavy atom. The molecule has 0 spiro atoms. The maximum atomic E-state index is 12.7. The third-order valence-electron chi connectivity index (χ3n) is 4.21. The molecule has 5 nitrogen and oxygen atoms in total. The molecule has 0 bridgehead atoms. The van der Waals surface area contributed by atoms with Gasteiger partial charge in [0.2, 0.25) is 5.91 Å². The monoisotopic (exact) mass is 304 g/mol. The van der Waals surface area contributed by atoms with Gasteiger partial charge in [-0.3, -0.25) is 9.59 Å². The van der Waals surface area contributed by atoms with E-state index in [9.17, 15) is 9.59 Å². The molecule has 1 fully saturated rings. The SMILES string of the molecule is CCN(CC)C(=O)[C@@H]1CCCN1C(=O)c1ccc(OC)cc1. The number of likely N-dealkylation sites (N-methyl/N-ethyl adjacent to an activating group) is 1. The van der Waals surface area contributed by atoms with Crippen molar-refractivity contribution in [1.29, 1.82) is 0 Å². The van der Waals surface area contributed by atoms with Crippen LogP contribution < -0.4 is 4.74 Å². The number of hydrogen-bond donors (Lipinski definition) is 0. The lowest BCUT2D eigenvalue weighted by molar-refractivity contribution is -0.134. The van der Waals surface area contributed by atoms with Crippen LogP contribution in [0.4, 0.5) is 0 Å². The number of likely N-dealkylation sites (tertiary alicyclic amines) is 1. The summed E-state index contributed by atoms with van der Waals surface area (Å²) in [6, 6.07) is 6.71. The molecule has 0 aliphatic carbocycles. The lowest BCUT2D eigenvalue weighted by atomic mass is 10.1. The summed E-state index contributed by atoms with van der Waals surface area (Å²) in [7, 11) is 1.59. The third-order valence-corrected chi connectivity index (χ3v) is 4.21. The number of carbonyl (C=O) groups excluding carboxylic acids is 2. The molecule has 120 valence electrons. The molecule has 0 saturated carbocycles. The number of amides is 2. The van der Waals surface area contributed by atoms with Gasteiger partial charge in [-0.25, -0.2) is 0 Å². The Morgan fingerprint density at radius 2 is 1.86 bits per heavy atom. The minimum absolute atomic E-state index is 0.0596. The van der Waals surface area contributed by atoms with Crippen LogP contribution in [0.15, 0.2) is 24.3 Å². The number of carbonyl (C=O) groups is 2. The smallest absolute Gasteiger partial charge is 0.254 e. The summed E-state index contributed by atoms with van der Waals surface area (Å²) >= 11 is 0. The maximum absolute atomic E-state index is 12.7. The van der Waals surface area contributed by atoms with Crippen LogP contribution in [0, 0.1) is 0 Å². The first kappa shape index (κ1) is 16.3. The average molecular weight is 304 g/mol. The zero-order valence-corrected chi connectivity index (χ0v) is 13.5. The summed E-state index contributed by atoms with van der Waals surface area (Å²) < 4.78 is 5.11. The van der Waals surface area contributed by atoms with Crippen LogP contribution in [0.2, 0.25) is 0 Å². The van der Waals surface area contributed by atoms with Gasteiger partial charge in [-0.05, 0) is 51.0 Å². The molecule has 0 N–H and O–H groups in total. The normalized spacial score (nSPS) is 17.4. The van der Waals surface area contributed by atoms with Gasteiger partial charge in [-0.1, -0.05) is 0 Å². The van der Waals surface area contributed by atoms with Gasteiger partial charge in [0.25, 0.3) is 5.91 Å². The molecule has 1 heterocycles. The van der Waals surface area contributed by atoms with Crippen molar-refractivity contribution in [3.05, 3.63) is 29.8 Å². The zero-order valence-electron chi connectivity index (χ0n) is 13.5. The summed E-state index contributed by atoms with van der Waals surface area (Å²) in [5.41, 5.74) is 0.597. The lowest BCUT2D eigenvalue weighted by Crippen LogP contribution is -2.47. The van der Waals surface area contributed by atoms with Crippen molar-refractivity contribution in [1.82, 2.24) is 9.80 Å². The summed E-state index contributed by atoms with van der Waals surface area (Å²) in [6.45, 7) is 5.92. The molecule has 1 saturated heterocycles. The van der Waals surface area contributed by atoms with E-state index >= 15 is 0 Å². The summed E-state index contributed by atoms with van der Waals surface area (Å²) in [5, 5.41) is 0. The highest BCUT2D eigenvalue weighted by atomic mass is 16.5. The van der Waals surface area contributed by atoms with Gasteiger partial charge in [-0.15, -0.1) is 0 Å². The zero-order chi connectivity index (χ0) is 16.1. The molecule has 1 aliphatic rings. The summed E-state index contributed by atoms with van der Waals surface area (Å²) in [4.78, 5) is 28.7. The standard InChI is InChI=1S/C17H24N2O3/c1-4-18(5-2)17(21)15-7-6-12-19(15)16(20)13-8-10-14(22-3)11-9-13/h8-11,15H,4-7,12H2,1-3H3/t15-/m0/s1. The minimum Gasteiger partial charge on any atom is -0.497 e. The van der Waals surface area contributed by atoms with Gasteiger partial charge < -0.3 is 14.5 Å². The number of hydrogen-bond acceptors (Lipinski definition) is 3. The topological polar surface area (TPSA) is 49.9 Å². The molecule has 0 radical (unpaired) electrons. The van der Waals surface area contributed by atoms with Gasteiger partial charge in [0.15, 0.2) is 0 Å². The van der Waals surface area contributed by atoms with Crippen molar-refractivity contribution in [3.63, 3.8) is 0 Å². The maximum Gasteiger partial charge on any atom is 0.254 e. The first-order valence-corrected chi connectivity index (χ1v) is 7.86. The Morgan fingerprint density at radius 1 is 1.23 bits per heavy atom. The van der Waals surface area contributed by atoms with Gasteiger partial charge in [0.1, 0.15) is 11.8 Å². The van der Waals surface area contributed by atoms with Crippen molar-refractivity contribution >= 4 is 11.8 Å². The van der Waals surface area contributed by atoms with E-state index < -0.39 is 0 Å². The molecule has 0 aromatic heterocycles. The molecule has 1 aromatic rings. The van der Waals surface area contributed by atoms with Crippen molar-refractivity contribution in [2.24, 2.45) is 0 Å². The molecular formula is C17H24N2O3. The predicted molar refractivity (Wildman–Crippen MR) is 85.0 cm³/mol. The molecule has 1 aromatic carbocycles. The van der Waals surface area contributed by atoms with Gasteiger partial charge in [0, 0.05) is 25.2 Å². The Bertz CT molecular complexity index is 523. The van der Waals surface area contributed by atoms with Crippen LogP contribution in [-0.2, 0) is 4.79 Å². The van der Waals surface area contributed by atoms with Gasteiger partial charge >= 0.3 is 0 Å². The van der Waals surface area contributed by atoms with Crippen molar-refractivity contribution < 1.29 is 14.3 Å². The Balaban J connectivity index is 2.15. The summed E-state index contributed by atoms with van der Waals surface area (Å²) in [6.07, 6.45) is 1.62. The molecule has 2 rings (SSSR count). The molecule has 1 aliphatic heterocycles. The van der Waals surface area contributed by atoms with Crippen LogP contribution in [-0.4, -0.2) is 54.4 Å². The van der Waals surface area contributed by atoms with E-state index in [1.807, 2.05) is 13.8 Å². The summed E-state index contributed by atoms with van der Waals surface area (Å²) in [5.74, 6) is 0.698. The van der Waals surface area contributed by atoms with Crippen LogP contribution in [0.25, 0.3) is 0 Å². The van der Waals surface area contributed by atoms with Crippen molar-refractivity contribution in [2.45, 2.75) is 32.7 Å². The lowest BCUT2D eigenvalue weighted by Gasteiger charge is -2.29. The van der Waals surface area contributed by atoms with E-state index in [1.54, 1.807) is 41.2 Å². The number of rotatable bonds is 5. The van der Waals surface area contributed by atoms with E-state index in [-0.39, 0.29) is 17.9 Å². The van der Waals surface area contributed by atoms with E-state index in [0.717, 1.165) is 12.8 Å². The Kier molecular flexibility index (Phi) is 5.41. The molecular weight excluding hydrogens is 280 g/mol. The third kappa shape index (κ3) is 3.24. The fraction of sp³-hybridized carbons (Fsp3) is 0.529. The second-order valence-electron chi connectivity index (χ2n) is 5.40. The van der Waals surface area contributed by atoms with Gasteiger partial charge in [0.05, 0.1) is 7.11 Å². The molecule has 1 atom stereocenters. The fourth-order valence-electron chi connectivity index (χ4n) is 2.91. The van der Waals surface area contributed by atoms with E-state index in [2.05, 4.69) is 0 Å². The first-order chi connectivity index (χ1) is 10.6. The minimum atomic E-state index is -0.325. The largest absolute Gasteiger partial charge is 0.497 e. The van der Waals surface area contributed by atoms with Crippen LogP contribution in [0.3, 0.4) is 0 Å². The highest BCUT2D eigenvalue weighted by molar-refractivity contribution is 5.98. The fourth-order valence-corrected chi connectivity index (χ4v) is 2.91. The van der Waals surface area contributed by atoms with Crippen LogP contribution >= 0.6 is 0 Å². The quantitative estimate of drug-likeness (QED) is 0.837. The first-order valence-electron chi connectivity index (χ1n) is 7.86. The molecule has 22 heavy (non-hydrogen) atoms. The van der Waals surface area contributed by atoms with Crippen LogP contribution in [0.5, 0.6) is 5.75 Å². The van der Waals surface area contributed by atoms with Crippen molar-refractivity contribution in [2.75, 3.05) is 26.7 Å². The average Bonchev–Trinajstić information content (AvgIpc) is 3.04. The van der Waals surface area contributed by atoms with E-state index in [0.29, 0.717) is 30.9 Å². The highest BCUT2D eigenvalue weighted by Gasteiger charge is 2.36. The molecule has 0 unspecified atom stereocenters. The number of ether oxygens (including phenoxy) is 1. The molecule has 5 heteroatoms. The van der Waals surface area contributed by atoms with E-state index in [1.165, 1.54) is 0 Å². The predicted octanol–water partition coefficient (Wildman–Crippen LogP) is 2.17. The second kappa shape index (κ2) is 7.29. The van der Waals surface area contributed by atoms with Gasteiger partial charge in [-0.2, -0.15) is 0 Å². The highest BCUT2D eigenvalue weighted by Crippen LogP contribution is 2.23. The second-order valence-corrected chi connectivity index (χ2v) is 5.40. The van der Waals surface area contributed by atoms with Crippen LogP contribution in [0.1, 0.15) is 37.0 Å². The Hall–Kier alpha value is -2.04. The number of nitrogens with zero attached hydrogens (tertiary/aromatic N) is 2. The number of benzene rings is 1. The number of methoxy groups -OCH3 is 1. The molecule has 2 amide bonds. The Labute approximate surface area is 131 Å². The van der Waals surface area contributed by atoms with Crippen molar-refractivity contribution in [3.8, 4) is 5.75 Å². The van der Waals surface area contributed by atoms with E-state index in [4.69, 9.17) is 4.74 Å².